The van der Waals surface area contributed by atoms with Crippen LogP contribution in [-0.4, -0.2) is 57.6 Å². The monoisotopic (exact) mass is 517 g/mol. The first kappa shape index (κ1) is 29.2. The van der Waals surface area contributed by atoms with Gasteiger partial charge < -0.3 is 15.0 Å². The van der Waals surface area contributed by atoms with Gasteiger partial charge in [-0.25, -0.2) is 8.42 Å². The summed E-state index contributed by atoms with van der Waals surface area (Å²) in [6.07, 6.45) is 3.38. The van der Waals surface area contributed by atoms with E-state index in [9.17, 15) is 18.0 Å². The van der Waals surface area contributed by atoms with E-state index in [1.807, 2.05) is 38.1 Å². The lowest BCUT2D eigenvalue weighted by Gasteiger charge is -2.29. The third-order valence-corrected chi connectivity index (χ3v) is 7.16. The summed E-state index contributed by atoms with van der Waals surface area (Å²) in [6, 6.07) is 14.0. The molecule has 2 aromatic carbocycles. The van der Waals surface area contributed by atoms with Crippen molar-refractivity contribution in [3.8, 4) is 5.75 Å². The molecule has 2 amide bonds. The number of carbonyl (C=O) groups excluding carboxylic acids is 2. The molecule has 0 spiro atoms. The highest BCUT2D eigenvalue weighted by Crippen LogP contribution is 2.24. The van der Waals surface area contributed by atoms with Crippen LogP contribution in [0.25, 0.3) is 0 Å². The summed E-state index contributed by atoms with van der Waals surface area (Å²) in [7, 11) is -2.05. The van der Waals surface area contributed by atoms with Gasteiger partial charge >= 0.3 is 0 Å². The molecule has 8 nitrogen and oxygen atoms in total. The second kappa shape index (κ2) is 13.9. The third kappa shape index (κ3) is 8.86. The number of aryl methyl sites for hydroxylation is 1. The van der Waals surface area contributed by atoms with Crippen molar-refractivity contribution < 1.29 is 22.7 Å². The highest BCUT2D eigenvalue weighted by Gasteiger charge is 2.26. The summed E-state index contributed by atoms with van der Waals surface area (Å²) in [5.74, 6) is 0.148. The molecule has 0 bridgehead atoms. The van der Waals surface area contributed by atoms with Crippen molar-refractivity contribution in [2.75, 3.05) is 30.8 Å². The fourth-order valence-corrected chi connectivity index (χ4v) is 4.74. The molecule has 1 N–H and O–H groups in total. The number of hydrogen-bond acceptors (Lipinski definition) is 5. The van der Waals surface area contributed by atoms with E-state index in [1.165, 1.54) is 11.4 Å². The summed E-state index contributed by atoms with van der Waals surface area (Å²) in [6.45, 7) is 6.77. The maximum absolute atomic E-state index is 13.3. The molecule has 1 unspecified atom stereocenters. The van der Waals surface area contributed by atoms with Crippen LogP contribution in [0, 0.1) is 6.92 Å². The van der Waals surface area contributed by atoms with Crippen LogP contribution in [0.3, 0.4) is 0 Å². The first-order chi connectivity index (χ1) is 17.1. The van der Waals surface area contributed by atoms with Gasteiger partial charge in [0.15, 0.2) is 0 Å². The number of methoxy groups -OCH3 is 1. The highest BCUT2D eigenvalue weighted by atomic mass is 32.2. The second-order valence-corrected chi connectivity index (χ2v) is 10.9. The van der Waals surface area contributed by atoms with Crippen LogP contribution in [-0.2, 0) is 26.2 Å². The summed E-state index contributed by atoms with van der Waals surface area (Å²) in [5, 5.41) is 2.91. The van der Waals surface area contributed by atoms with E-state index in [0.717, 1.165) is 30.2 Å². The van der Waals surface area contributed by atoms with E-state index in [4.69, 9.17) is 4.74 Å². The summed E-state index contributed by atoms with van der Waals surface area (Å²) < 4.78 is 31.4. The van der Waals surface area contributed by atoms with Crippen LogP contribution >= 0.6 is 0 Å². The number of nitrogens with one attached hydrogen (secondary N) is 1. The van der Waals surface area contributed by atoms with Gasteiger partial charge in [0, 0.05) is 32.1 Å². The van der Waals surface area contributed by atoms with Crippen LogP contribution in [0.5, 0.6) is 5.75 Å². The number of anilines is 1. The minimum Gasteiger partial charge on any atom is -0.497 e. The van der Waals surface area contributed by atoms with E-state index in [2.05, 4.69) is 5.32 Å². The molecule has 36 heavy (non-hydrogen) atoms. The van der Waals surface area contributed by atoms with Gasteiger partial charge in [0.25, 0.3) is 0 Å². The Balaban J connectivity index is 2.15. The Morgan fingerprint density at radius 3 is 2.39 bits per heavy atom. The molecule has 0 aliphatic rings. The Labute approximate surface area is 215 Å². The van der Waals surface area contributed by atoms with E-state index >= 15 is 0 Å². The smallest absolute Gasteiger partial charge is 0.242 e. The van der Waals surface area contributed by atoms with E-state index in [0.29, 0.717) is 30.9 Å². The normalized spacial score (nSPS) is 12.0. The Kier molecular flexibility index (Phi) is 11.2. The SMILES string of the molecule is CCCCNC(=O)C(C)N(Cc1ccc(C)cc1)C(=O)CCCN(c1cccc(OC)c1)S(C)(=O)=O. The van der Waals surface area contributed by atoms with Crippen molar-refractivity contribution in [1.29, 1.82) is 0 Å². The van der Waals surface area contributed by atoms with Crippen molar-refractivity contribution in [2.45, 2.75) is 59.0 Å². The van der Waals surface area contributed by atoms with E-state index in [-0.39, 0.29) is 24.8 Å². The minimum absolute atomic E-state index is 0.106. The molecule has 0 fully saturated rings. The fraction of sp³-hybridized carbons (Fsp3) is 0.481. The van der Waals surface area contributed by atoms with Gasteiger partial charge in [-0.3, -0.25) is 13.9 Å². The van der Waals surface area contributed by atoms with Gasteiger partial charge in [-0.05, 0) is 44.4 Å². The molecule has 0 aliphatic heterocycles. The molecule has 0 radical (unpaired) electrons. The van der Waals surface area contributed by atoms with Gasteiger partial charge in [-0.1, -0.05) is 49.2 Å². The fourth-order valence-electron chi connectivity index (χ4n) is 3.78. The van der Waals surface area contributed by atoms with Gasteiger partial charge in [-0.15, -0.1) is 0 Å². The first-order valence-electron chi connectivity index (χ1n) is 12.3. The van der Waals surface area contributed by atoms with Crippen molar-refractivity contribution >= 4 is 27.5 Å². The molecule has 0 aliphatic carbocycles. The lowest BCUT2D eigenvalue weighted by atomic mass is 10.1. The largest absolute Gasteiger partial charge is 0.497 e. The summed E-state index contributed by atoms with van der Waals surface area (Å²) in [5.41, 5.74) is 2.51. The minimum atomic E-state index is -3.57. The quantitative estimate of drug-likeness (QED) is 0.384. The average Bonchev–Trinajstić information content (AvgIpc) is 2.85. The number of ether oxygens (including phenoxy) is 1. The Hall–Kier alpha value is -3.07. The van der Waals surface area contributed by atoms with Gasteiger partial charge in [0.2, 0.25) is 21.8 Å². The maximum atomic E-state index is 13.3. The Morgan fingerprint density at radius 2 is 1.78 bits per heavy atom. The zero-order valence-electron chi connectivity index (χ0n) is 22.0. The van der Waals surface area contributed by atoms with Crippen LogP contribution in [0.15, 0.2) is 48.5 Å². The van der Waals surface area contributed by atoms with Crippen molar-refractivity contribution in [2.24, 2.45) is 0 Å². The topological polar surface area (TPSA) is 96.0 Å². The molecule has 0 aromatic heterocycles. The number of benzene rings is 2. The number of unbranched alkanes of at least 4 members (excludes halogenated alkanes) is 1. The molecule has 1 atom stereocenters. The molecule has 0 heterocycles. The van der Waals surface area contributed by atoms with Crippen LogP contribution in [0.1, 0.15) is 50.7 Å². The molecular weight excluding hydrogens is 478 g/mol. The van der Waals surface area contributed by atoms with Crippen LogP contribution in [0.2, 0.25) is 0 Å². The highest BCUT2D eigenvalue weighted by molar-refractivity contribution is 7.92. The van der Waals surface area contributed by atoms with Crippen molar-refractivity contribution in [1.82, 2.24) is 10.2 Å². The number of amides is 2. The van der Waals surface area contributed by atoms with Gasteiger partial charge in [-0.2, -0.15) is 0 Å². The zero-order valence-corrected chi connectivity index (χ0v) is 22.8. The Morgan fingerprint density at radius 1 is 1.08 bits per heavy atom. The standard InChI is InChI=1S/C27H39N3O5S/c1-6-7-17-28-27(32)22(3)29(20-23-15-13-21(2)14-16-23)26(31)12-9-18-30(36(5,33)34)24-10-8-11-25(19-24)35-4/h8,10-11,13-16,19,22H,6-7,9,12,17-18,20H2,1-5H3,(H,28,32). The molecule has 9 heteroatoms. The number of rotatable bonds is 14. The predicted molar refractivity (Wildman–Crippen MR) is 144 cm³/mol. The molecule has 2 rings (SSSR count). The number of hydrogen-bond donors (Lipinski definition) is 1. The molecule has 0 saturated carbocycles. The summed E-state index contributed by atoms with van der Waals surface area (Å²) in [4.78, 5) is 27.7. The third-order valence-electron chi connectivity index (χ3n) is 5.96. The van der Waals surface area contributed by atoms with E-state index in [1.54, 1.807) is 36.1 Å². The number of carbonyl (C=O) groups is 2. The molecular formula is C27H39N3O5S. The molecule has 198 valence electrons. The molecule has 2 aromatic rings. The Bertz CT molecular complexity index is 1100. The predicted octanol–water partition coefficient (Wildman–Crippen LogP) is 3.88. The van der Waals surface area contributed by atoms with Crippen molar-refractivity contribution in [3.63, 3.8) is 0 Å². The van der Waals surface area contributed by atoms with E-state index < -0.39 is 16.1 Å². The van der Waals surface area contributed by atoms with Gasteiger partial charge in [0.1, 0.15) is 11.8 Å². The number of nitrogens with zero attached hydrogens (tertiary/aromatic N) is 2. The lowest BCUT2D eigenvalue weighted by Crippen LogP contribution is -2.48. The zero-order chi connectivity index (χ0) is 26.7. The van der Waals surface area contributed by atoms with Gasteiger partial charge in [0.05, 0.1) is 19.1 Å². The van der Waals surface area contributed by atoms with Crippen molar-refractivity contribution in [3.05, 3.63) is 59.7 Å². The second-order valence-electron chi connectivity index (χ2n) is 8.97. The number of sulfonamides is 1. The van der Waals surface area contributed by atoms with Crippen LogP contribution < -0.4 is 14.4 Å². The molecule has 0 saturated heterocycles. The first-order valence-corrected chi connectivity index (χ1v) is 14.2. The summed E-state index contributed by atoms with van der Waals surface area (Å²) >= 11 is 0. The maximum Gasteiger partial charge on any atom is 0.242 e. The van der Waals surface area contributed by atoms with Crippen LogP contribution in [0.4, 0.5) is 5.69 Å². The lowest BCUT2D eigenvalue weighted by molar-refractivity contribution is -0.140. The average molecular weight is 518 g/mol.